The van der Waals surface area contributed by atoms with Crippen LogP contribution < -0.4 is 50.4 Å². The van der Waals surface area contributed by atoms with Crippen molar-refractivity contribution in [2.75, 3.05) is 19.6 Å². The Bertz CT molecular complexity index is 858. The Hall–Kier alpha value is -3.66. The average Bonchev–Trinajstić information content (AvgIpc) is 2.86. The van der Waals surface area contributed by atoms with Crippen LogP contribution in [0.1, 0.15) is 65.2 Å². The summed E-state index contributed by atoms with van der Waals surface area (Å²) in [7, 11) is 0. The number of amides is 3. The number of unbranched alkanes of at least 4 members (excludes halogenated alkanes) is 1. The normalized spacial score (nSPS) is 13.8. The third-order valence-electron chi connectivity index (χ3n) is 5.78. The van der Waals surface area contributed by atoms with E-state index in [1.165, 1.54) is 0 Å². The zero-order valence-electron chi connectivity index (χ0n) is 23.6. The number of carboxylic acids is 1. The van der Waals surface area contributed by atoms with E-state index in [9.17, 15) is 24.3 Å². The smallest absolute Gasteiger partial charge is 0.326 e. The Morgan fingerprint density at radius 1 is 0.700 bits per heavy atom. The molecule has 0 aliphatic heterocycles. The molecule has 4 atom stereocenters. The highest BCUT2D eigenvalue weighted by atomic mass is 16.4. The van der Waals surface area contributed by atoms with Gasteiger partial charge in [0.1, 0.15) is 18.1 Å². The molecule has 230 valence electrons. The minimum Gasteiger partial charge on any atom is -0.480 e. The molecular weight excluding hydrogens is 522 g/mol. The van der Waals surface area contributed by atoms with Gasteiger partial charge in [0.05, 0.1) is 6.04 Å². The van der Waals surface area contributed by atoms with Gasteiger partial charge in [0.25, 0.3) is 0 Å². The number of nitrogens with zero attached hydrogens (tertiary/aromatic N) is 2. The Labute approximate surface area is 235 Å². The van der Waals surface area contributed by atoms with Crippen molar-refractivity contribution >= 4 is 35.6 Å². The van der Waals surface area contributed by atoms with E-state index in [0.717, 1.165) is 0 Å². The van der Waals surface area contributed by atoms with Crippen molar-refractivity contribution in [2.45, 2.75) is 89.4 Å². The number of guanidine groups is 2. The summed E-state index contributed by atoms with van der Waals surface area (Å²) in [6.07, 6.45) is 2.89. The van der Waals surface area contributed by atoms with Crippen LogP contribution in [0.4, 0.5) is 0 Å². The maximum Gasteiger partial charge on any atom is 0.326 e. The summed E-state index contributed by atoms with van der Waals surface area (Å²) in [5.41, 5.74) is 32.7. The third-order valence-corrected chi connectivity index (χ3v) is 5.78. The van der Waals surface area contributed by atoms with Crippen LogP contribution in [-0.2, 0) is 19.2 Å². The summed E-state index contributed by atoms with van der Waals surface area (Å²) >= 11 is 0. The largest absolute Gasteiger partial charge is 0.480 e. The number of carbonyl (C=O) groups is 4. The fraction of sp³-hybridized carbons (Fsp3) is 0.750. The summed E-state index contributed by atoms with van der Waals surface area (Å²) in [5, 5.41) is 17.4. The van der Waals surface area contributed by atoms with Gasteiger partial charge < -0.3 is 55.5 Å². The first kappa shape index (κ1) is 36.3. The lowest BCUT2D eigenvalue weighted by molar-refractivity contribution is -0.142. The van der Waals surface area contributed by atoms with Gasteiger partial charge in [-0.3, -0.25) is 24.4 Å². The first-order valence-electron chi connectivity index (χ1n) is 13.5. The van der Waals surface area contributed by atoms with Crippen LogP contribution in [0, 0.1) is 5.92 Å². The van der Waals surface area contributed by atoms with E-state index >= 15 is 0 Å². The second kappa shape index (κ2) is 20.3. The molecule has 0 spiro atoms. The lowest BCUT2D eigenvalue weighted by Crippen LogP contribution is -2.57. The molecular formula is C24H49N11O5. The molecule has 0 radical (unpaired) electrons. The Balaban J connectivity index is 5.57. The minimum atomic E-state index is -1.24. The molecule has 0 aromatic heterocycles. The summed E-state index contributed by atoms with van der Waals surface area (Å²) in [6, 6.07) is -4.14. The number of rotatable bonds is 21. The molecule has 0 aliphatic rings. The van der Waals surface area contributed by atoms with Crippen LogP contribution >= 0.6 is 0 Å². The molecule has 16 heteroatoms. The van der Waals surface area contributed by atoms with Gasteiger partial charge in [-0.05, 0) is 57.4 Å². The quantitative estimate of drug-likeness (QED) is 0.0379. The second-order valence-corrected chi connectivity index (χ2v) is 9.94. The Morgan fingerprint density at radius 3 is 1.65 bits per heavy atom. The number of hydrogen-bond acceptors (Lipinski definition) is 8. The number of nitrogens with two attached hydrogens (primary N) is 6. The van der Waals surface area contributed by atoms with E-state index in [1.54, 1.807) is 0 Å². The standard InChI is InChI=1S/C24H49N11O5/c1-14(2)13-18(21(38)34-17(22(39)40)9-6-12-32-24(29)30)35-20(37)16(8-5-11-31-23(27)28)33-19(36)15(26)7-3-4-10-25/h14-18H,3-13,25-26H2,1-2H3,(H,33,36)(H,34,38)(H,35,37)(H,39,40)(H4,27,28,31)(H4,29,30,32). The van der Waals surface area contributed by atoms with Crippen LogP contribution in [0.15, 0.2) is 9.98 Å². The molecule has 0 aromatic carbocycles. The van der Waals surface area contributed by atoms with Gasteiger partial charge in [0.15, 0.2) is 11.9 Å². The molecule has 0 bridgehead atoms. The minimum absolute atomic E-state index is 0.0212. The molecule has 0 saturated carbocycles. The van der Waals surface area contributed by atoms with Crippen LogP contribution in [0.3, 0.4) is 0 Å². The highest BCUT2D eigenvalue weighted by molar-refractivity contribution is 5.94. The molecule has 0 fully saturated rings. The molecule has 0 aromatic rings. The molecule has 40 heavy (non-hydrogen) atoms. The van der Waals surface area contributed by atoms with E-state index in [1.807, 2.05) is 13.8 Å². The van der Waals surface area contributed by atoms with E-state index in [0.29, 0.717) is 38.6 Å². The van der Waals surface area contributed by atoms with Crippen molar-refractivity contribution in [3.63, 3.8) is 0 Å². The molecule has 3 amide bonds. The number of aliphatic imine (C=N–C) groups is 2. The summed E-state index contributed by atoms with van der Waals surface area (Å²) in [5.74, 6) is -3.28. The van der Waals surface area contributed by atoms with E-state index in [4.69, 9.17) is 34.4 Å². The molecule has 0 heterocycles. The zero-order valence-corrected chi connectivity index (χ0v) is 23.6. The number of hydrogen-bond donors (Lipinski definition) is 10. The van der Waals surface area contributed by atoms with Gasteiger partial charge >= 0.3 is 5.97 Å². The number of carbonyl (C=O) groups excluding carboxylic acids is 3. The van der Waals surface area contributed by atoms with Crippen molar-refractivity contribution in [1.29, 1.82) is 0 Å². The van der Waals surface area contributed by atoms with Gasteiger partial charge in [-0.15, -0.1) is 0 Å². The predicted octanol–water partition coefficient (Wildman–Crippen LogP) is -2.87. The molecule has 4 unspecified atom stereocenters. The SMILES string of the molecule is CC(C)CC(NC(=O)C(CCCN=C(N)N)NC(=O)C(N)CCCCN)C(=O)NC(CCCN=C(N)N)C(=O)O. The number of aliphatic carboxylic acids is 1. The van der Waals surface area contributed by atoms with Gasteiger partial charge in [0.2, 0.25) is 17.7 Å². The fourth-order valence-corrected chi connectivity index (χ4v) is 3.70. The van der Waals surface area contributed by atoms with Crippen LogP contribution in [0.25, 0.3) is 0 Å². The molecule has 0 aliphatic carbocycles. The lowest BCUT2D eigenvalue weighted by atomic mass is 10.0. The number of carboxylic acid groups (broad SMARTS) is 1. The Morgan fingerprint density at radius 2 is 1.18 bits per heavy atom. The third kappa shape index (κ3) is 17.0. The molecule has 16 N–H and O–H groups in total. The second-order valence-electron chi connectivity index (χ2n) is 9.94. The average molecular weight is 572 g/mol. The first-order chi connectivity index (χ1) is 18.8. The first-order valence-corrected chi connectivity index (χ1v) is 13.5. The van der Waals surface area contributed by atoms with Gasteiger partial charge in [-0.1, -0.05) is 20.3 Å². The van der Waals surface area contributed by atoms with E-state index < -0.39 is 47.9 Å². The van der Waals surface area contributed by atoms with Crippen molar-refractivity contribution in [3.8, 4) is 0 Å². The summed E-state index contributed by atoms with van der Waals surface area (Å²) in [4.78, 5) is 58.5. The maximum atomic E-state index is 13.3. The van der Waals surface area contributed by atoms with E-state index in [-0.39, 0.29) is 50.2 Å². The summed E-state index contributed by atoms with van der Waals surface area (Å²) in [6.45, 7) is 4.60. The van der Waals surface area contributed by atoms with Gasteiger partial charge in [-0.2, -0.15) is 0 Å². The zero-order chi connectivity index (χ0) is 30.7. The monoisotopic (exact) mass is 571 g/mol. The van der Waals surface area contributed by atoms with Crippen LogP contribution in [-0.4, -0.2) is 84.5 Å². The molecule has 0 saturated heterocycles. The van der Waals surface area contributed by atoms with Gasteiger partial charge in [0, 0.05) is 13.1 Å². The van der Waals surface area contributed by atoms with Crippen molar-refractivity contribution in [3.05, 3.63) is 0 Å². The molecule has 0 rings (SSSR count). The maximum absolute atomic E-state index is 13.3. The van der Waals surface area contributed by atoms with Crippen LogP contribution in [0.2, 0.25) is 0 Å². The highest BCUT2D eigenvalue weighted by Crippen LogP contribution is 2.09. The molecule has 16 nitrogen and oxygen atoms in total. The van der Waals surface area contributed by atoms with Crippen molar-refractivity contribution in [2.24, 2.45) is 50.3 Å². The van der Waals surface area contributed by atoms with Crippen molar-refractivity contribution < 1.29 is 24.3 Å². The number of nitrogens with one attached hydrogen (secondary N) is 3. The predicted molar refractivity (Wildman–Crippen MR) is 154 cm³/mol. The van der Waals surface area contributed by atoms with E-state index in [2.05, 4.69) is 25.9 Å². The van der Waals surface area contributed by atoms with Gasteiger partial charge in [-0.25, -0.2) is 4.79 Å². The fourth-order valence-electron chi connectivity index (χ4n) is 3.70. The highest BCUT2D eigenvalue weighted by Gasteiger charge is 2.30. The lowest BCUT2D eigenvalue weighted by Gasteiger charge is -2.26. The Kier molecular flexibility index (Phi) is 18.4. The topological polar surface area (TPSA) is 305 Å². The van der Waals surface area contributed by atoms with Crippen LogP contribution in [0.5, 0.6) is 0 Å². The van der Waals surface area contributed by atoms with Crippen molar-refractivity contribution in [1.82, 2.24) is 16.0 Å². The summed E-state index contributed by atoms with van der Waals surface area (Å²) < 4.78 is 0.